The lowest BCUT2D eigenvalue weighted by Gasteiger charge is -2.06. The molecule has 0 bridgehead atoms. The third-order valence-electron chi connectivity index (χ3n) is 5.06. The first-order valence-electron chi connectivity index (χ1n) is 12.0. The van der Waals surface area contributed by atoms with Crippen molar-refractivity contribution in [1.29, 1.82) is 0 Å². The van der Waals surface area contributed by atoms with Gasteiger partial charge in [0.2, 0.25) is 0 Å². The van der Waals surface area contributed by atoms with Crippen LogP contribution in [0.25, 0.3) is 0 Å². The van der Waals surface area contributed by atoms with Crippen molar-refractivity contribution in [3.8, 4) is 0 Å². The molecule has 0 atom stereocenters. The molecule has 0 amide bonds. The van der Waals surface area contributed by atoms with Gasteiger partial charge in [0.15, 0.2) is 0 Å². The van der Waals surface area contributed by atoms with Gasteiger partial charge in [-0.05, 0) is 44.9 Å². The van der Waals surface area contributed by atoms with E-state index in [9.17, 15) is 19.2 Å². The Bertz CT molecular complexity index is 702. The van der Waals surface area contributed by atoms with Crippen LogP contribution in [0, 0.1) is 11.8 Å². The minimum Gasteiger partial charge on any atom is -0.478 e. The number of ether oxygens (including phenoxy) is 1. The highest BCUT2D eigenvalue weighted by atomic mass is 16.5. The van der Waals surface area contributed by atoms with E-state index >= 15 is 0 Å². The van der Waals surface area contributed by atoms with Crippen LogP contribution < -0.4 is 0 Å². The van der Waals surface area contributed by atoms with Gasteiger partial charge in [-0.1, -0.05) is 66.2 Å². The van der Waals surface area contributed by atoms with Gasteiger partial charge < -0.3 is 20.1 Å². The molecule has 8 nitrogen and oxygen atoms in total. The Morgan fingerprint density at radius 1 is 0.735 bits per heavy atom. The van der Waals surface area contributed by atoms with Gasteiger partial charge in [0.25, 0.3) is 0 Å². The molecule has 0 aromatic rings. The Kier molecular flexibility index (Phi) is 19.5. The van der Waals surface area contributed by atoms with E-state index in [1.165, 1.54) is 20.3 Å². The molecule has 0 saturated heterocycles. The number of carbonyl (C=O) groups is 4. The highest BCUT2D eigenvalue weighted by Gasteiger charge is 2.15. The molecular formula is C26H44O8. The summed E-state index contributed by atoms with van der Waals surface area (Å²) in [6.45, 7) is 11.8. The van der Waals surface area contributed by atoms with Crippen molar-refractivity contribution in [1.82, 2.24) is 0 Å². The second-order valence-electron chi connectivity index (χ2n) is 9.25. The first-order valence-corrected chi connectivity index (χ1v) is 12.0. The van der Waals surface area contributed by atoms with Gasteiger partial charge >= 0.3 is 23.9 Å². The summed E-state index contributed by atoms with van der Waals surface area (Å²) in [4.78, 5) is 43.2. The number of carbonyl (C=O) groups excluding carboxylic acids is 1. The number of esters is 1. The van der Waals surface area contributed by atoms with Crippen molar-refractivity contribution in [2.24, 2.45) is 11.8 Å². The number of unbranched alkanes of at least 4 members (excludes halogenated alkanes) is 4. The third kappa shape index (κ3) is 20.0. The molecule has 0 heterocycles. The molecule has 0 aliphatic rings. The van der Waals surface area contributed by atoms with E-state index in [-0.39, 0.29) is 16.7 Å². The molecule has 0 aliphatic carbocycles. The molecule has 0 aromatic carbocycles. The lowest BCUT2D eigenvalue weighted by Crippen LogP contribution is -2.09. The van der Waals surface area contributed by atoms with Crippen molar-refractivity contribution in [2.45, 2.75) is 99.3 Å². The molecule has 0 aromatic heterocycles. The summed E-state index contributed by atoms with van der Waals surface area (Å²) in [5, 5.41) is 26.1. The molecule has 0 rings (SSSR count). The normalized spacial score (nSPS) is 12.1. The lowest BCUT2D eigenvalue weighted by molar-refractivity contribution is -0.140. The topological polar surface area (TPSA) is 138 Å². The van der Waals surface area contributed by atoms with Gasteiger partial charge in [0.05, 0.1) is 6.61 Å². The Labute approximate surface area is 204 Å². The molecule has 0 radical (unpaired) electrons. The SMILES string of the molecule is C/C(=C/C(=O)O)C(=O)OCCCCCC(C)C.C/C(C(=O)O)=C(\CCCCCC(C)C)C(=O)O. The second kappa shape index (κ2) is 19.8. The number of carboxylic acids is 3. The van der Waals surface area contributed by atoms with E-state index in [4.69, 9.17) is 20.1 Å². The predicted molar refractivity (Wildman–Crippen MR) is 132 cm³/mol. The van der Waals surface area contributed by atoms with Crippen LogP contribution in [0.5, 0.6) is 0 Å². The summed E-state index contributed by atoms with van der Waals surface area (Å²) in [7, 11) is 0. The van der Waals surface area contributed by atoms with Crippen LogP contribution >= 0.6 is 0 Å². The first kappa shape index (κ1) is 33.5. The van der Waals surface area contributed by atoms with Crippen molar-refractivity contribution < 1.29 is 39.2 Å². The molecule has 0 saturated carbocycles. The molecular weight excluding hydrogens is 440 g/mol. The van der Waals surface area contributed by atoms with Gasteiger partial charge in [-0.15, -0.1) is 0 Å². The van der Waals surface area contributed by atoms with E-state index in [0.717, 1.165) is 51.0 Å². The fourth-order valence-electron chi connectivity index (χ4n) is 2.97. The Morgan fingerprint density at radius 3 is 1.65 bits per heavy atom. The zero-order valence-corrected chi connectivity index (χ0v) is 21.7. The van der Waals surface area contributed by atoms with Crippen molar-refractivity contribution in [2.75, 3.05) is 6.61 Å². The zero-order chi connectivity index (χ0) is 26.7. The maximum atomic E-state index is 11.3. The predicted octanol–water partition coefficient (Wildman–Crippen LogP) is 5.86. The molecule has 8 heteroatoms. The van der Waals surface area contributed by atoms with Crippen LogP contribution in [-0.2, 0) is 23.9 Å². The van der Waals surface area contributed by atoms with Crippen LogP contribution in [0.4, 0.5) is 0 Å². The van der Waals surface area contributed by atoms with E-state index in [1.807, 2.05) is 0 Å². The Balaban J connectivity index is 0. The Morgan fingerprint density at radius 2 is 1.24 bits per heavy atom. The van der Waals surface area contributed by atoms with Crippen molar-refractivity contribution in [3.05, 3.63) is 22.8 Å². The smallest absolute Gasteiger partial charge is 0.333 e. The molecule has 34 heavy (non-hydrogen) atoms. The minimum absolute atomic E-state index is 0.0297. The van der Waals surface area contributed by atoms with Crippen LogP contribution in [0.15, 0.2) is 22.8 Å². The van der Waals surface area contributed by atoms with Crippen molar-refractivity contribution in [3.63, 3.8) is 0 Å². The Hall–Kier alpha value is -2.64. The molecule has 0 spiro atoms. The van der Waals surface area contributed by atoms with E-state index in [1.54, 1.807) is 0 Å². The van der Waals surface area contributed by atoms with Gasteiger partial charge in [-0.2, -0.15) is 0 Å². The molecule has 0 fully saturated rings. The highest BCUT2D eigenvalue weighted by Crippen LogP contribution is 2.16. The largest absolute Gasteiger partial charge is 0.478 e. The summed E-state index contributed by atoms with van der Waals surface area (Å²) in [6.07, 6.45) is 9.27. The van der Waals surface area contributed by atoms with Gasteiger partial charge in [0.1, 0.15) is 0 Å². The van der Waals surface area contributed by atoms with Gasteiger partial charge in [0, 0.05) is 22.8 Å². The second-order valence-corrected chi connectivity index (χ2v) is 9.25. The lowest BCUT2D eigenvalue weighted by atomic mass is 10.00. The van der Waals surface area contributed by atoms with Crippen LogP contribution in [0.2, 0.25) is 0 Å². The average molecular weight is 485 g/mol. The maximum Gasteiger partial charge on any atom is 0.333 e. The fraction of sp³-hybridized carbons (Fsp3) is 0.692. The quantitative estimate of drug-likeness (QED) is 0.141. The van der Waals surface area contributed by atoms with Gasteiger partial charge in [-0.25, -0.2) is 19.2 Å². The van der Waals surface area contributed by atoms with Crippen LogP contribution in [-0.4, -0.2) is 45.8 Å². The minimum atomic E-state index is -1.15. The molecule has 3 N–H and O–H groups in total. The average Bonchev–Trinajstić information content (AvgIpc) is 2.71. The number of carboxylic acid groups (broad SMARTS) is 3. The molecule has 196 valence electrons. The summed E-state index contributed by atoms with van der Waals surface area (Å²) >= 11 is 0. The maximum absolute atomic E-state index is 11.3. The van der Waals surface area contributed by atoms with Crippen molar-refractivity contribution >= 4 is 23.9 Å². The van der Waals surface area contributed by atoms with Crippen LogP contribution in [0.1, 0.15) is 99.3 Å². The monoisotopic (exact) mass is 484 g/mol. The van der Waals surface area contributed by atoms with Gasteiger partial charge in [-0.3, -0.25) is 0 Å². The number of aliphatic carboxylic acids is 3. The fourth-order valence-corrected chi connectivity index (χ4v) is 2.97. The third-order valence-corrected chi connectivity index (χ3v) is 5.06. The number of hydrogen-bond donors (Lipinski definition) is 3. The van der Waals surface area contributed by atoms with E-state index < -0.39 is 23.9 Å². The van der Waals surface area contributed by atoms with E-state index in [0.29, 0.717) is 24.9 Å². The van der Waals surface area contributed by atoms with Crippen LogP contribution in [0.3, 0.4) is 0 Å². The summed E-state index contributed by atoms with van der Waals surface area (Å²) in [5.41, 5.74) is 0.100. The number of hydrogen-bond acceptors (Lipinski definition) is 5. The molecule has 0 aliphatic heterocycles. The van der Waals surface area contributed by atoms with E-state index in [2.05, 4.69) is 27.7 Å². The first-order chi connectivity index (χ1) is 15.8. The number of rotatable bonds is 16. The highest BCUT2D eigenvalue weighted by molar-refractivity contribution is 5.98. The summed E-state index contributed by atoms with van der Waals surface area (Å²) in [6, 6.07) is 0. The summed E-state index contributed by atoms with van der Waals surface area (Å²) < 4.78 is 4.94. The zero-order valence-electron chi connectivity index (χ0n) is 21.7. The standard InChI is InChI=1S/2C13H22O4/c1-10(2)7-5-4-6-8-17-13(16)11(3)9-12(14)15;1-9(2)7-5-4-6-8-11(13(16)17)10(3)12(14)15/h9-10H,4-8H2,1-3H3,(H,14,15);9H,4-8H2,1-3H3,(H,14,15)(H,16,17)/b11-9-;11-10-. The molecule has 0 unspecified atom stereocenters. The summed E-state index contributed by atoms with van der Waals surface area (Å²) in [5.74, 6) is -2.57.